The fraction of sp³-hybridized carbons (Fsp3) is 0.867. The minimum Gasteiger partial charge on any atom is -0.397 e. The van der Waals surface area contributed by atoms with Crippen molar-refractivity contribution in [2.45, 2.75) is 76.7 Å². The molecule has 3 nitrogen and oxygen atoms in total. The Morgan fingerprint density at radius 1 is 1.16 bits per heavy atom. The second kappa shape index (κ2) is 5.32. The van der Waals surface area contributed by atoms with Gasteiger partial charge in [-0.25, -0.2) is 0 Å². The van der Waals surface area contributed by atoms with E-state index >= 15 is 0 Å². The Labute approximate surface area is 119 Å². The normalized spacial score (nSPS) is 26.0. The van der Waals surface area contributed by atoms with Gasteiger partial charge in [-0.2, -0.15) is 0 Å². The van der Waals surface area contributed by atoms with Gasteiger partial charge in [-0.3, -0.25) is 0 Å². The van der Waals surface area contributed by atoms with Crippen molar-refractivity contribution in [3.63, 3.8) is 0 Å². The fourth-order valence-corrected chi connectivity index (χ4v) is 8.32. The van der Waals surface area contributed by atoms with Crippen LogP contribution in [0.3, 0.4) is 0 Å². The number of hydrogen-bond acceptors (Lipinski definition) is 3. The summed E-state index contributed by atoms with van der Waals surface area (Å²) in [5.41, 5.74) is 0.881. The zero-order valence-electron chi connectivity index (χ0n) is 13.5. The maximum atomic E-state index is 9.84. The molecular weight excluding hydrogens is 256 g/mol. The van der Waals surface area contributed by atoms with Gasteiger partial charge in [-0.15, -0.1) is 0 Å². The van der Waals surface area contributed by atoms with Crippen molar-refractivity contribution in [2.24, 2.45) is 0 Å². The Balaban J connectivity index is 3.03. The quantitative estimate of drug-likeness (QED) is 0.634. The summed E-state index contributed by atoms with van der Waals surface area (Å²) in [5, 5.41) is 9.77. The van der Waals surface area contributed by atoms with E-state index in [0.717, 1.165) is 12.0 Å². The van der Waals surface area contributed by atoms with Crippen LogP contribution in [-0.4, -0.2) is 33.0 Å². The average Bonchev–Trinajstić information content (AvgIpc) is 2.51. The van der Waals surface area contributed by atoms with Gasteiger partial charge in [0.2, 0.25) is 0 Å². The van der Waals surface area contributed by atoms with Gasteiger partial charge >= 0.3 is 8.56 Å². The van der Waals surface area contributed by atoms with Crippen LogP contribution in [0.25, 0.3) is 0 Å². The number of rotatable bonds is 3. The van der Waals surface area contributed by atoms with Crippen molar-refractivity contribution in [2.75, 3.05) is 7.11 Å². The highest BCUT2D eigenvalue weighted by Gasteiger charge is 2.58. The highest BCUT2D eigenvalue weighted by Crippen LogP contribution is 2.53. The molecular formula is C15H30O3Si. The molecule has 2 atom stereocenters. The van der Waals surface area contributed by atoms with E-state index < -0.39 is 14.7 Å². The molecule has 1 N–H and O–H groups in total. The molecule has 1 fully saturated rings. The van der Waals surface area contributed by atoms with Crippen molar-refractivity contribution in [1.29, 1.82) is 0 Å². The maximum Gasteiger partial charge on any atom is 0.349 e. The standard InChI is InChI=1S/C15H30O3Si/c1-11-9-12(10-13(11)16)18-19(17-8,14(2,3)4)15(5,6)7/h12-13,16H,1,9-10H2,2-8H3/t12-,13-/m1/s1. The first-order chi connectivity index (χ1) is 8.44. The number of aliphatic hydroxyl groups excluding tert-OH is 1. The predicted molar refractivity (Wildman–Crippen MR) is 81.4 cm³/mol. The van der Waals surface area contributed by atoms with Crippen molar-refractivity contribution in [3.8, 4) is 0 Å². The Morgan fingerprint density at radius 2 is 1.63 bits per heavy atom. The second-order valence-corrected chi connectivity index (χ2v) is 12.6. The molecule has 1 aliphatic carbocycles. The molecule has 0 saturated heterocycles. The fourth-order valence-electron chi connectivity index (χ4n) is 3.39. The molecule has 0 aromatic heterocycles. The van der Waals surface area contributed by atoms with E-state index in [1.165, 1.54) is 0 Å². The van der Waals surface area contributed by atoms with E-state index in [0.29, 0.717) is 6.42 Å². The summed E-state index contributed by atoms with van der Waals surface area (Å²) in [6, 6.07) is 0. The Bertz CT molecular complexity index is 324. The summed E-state index contributed by atoms with van der Waals surface area (Å²) in [6.07, 6.45) is 0.996. The molecule has 1 rings (SSSR count). The van der Waals surface area contributed by atoms with Crippen LogP contribution in [0, 0.1) is 0 Å². The third-order valence-corrected chi connectivity index (χ3v) is 9.23. The lowest BCUT2D eigenvalue weighted by molar-refractivity contribution is 0.0862. The van der Waals surface area contributed by atoms with Crippen molar-refractivity contribution in [1.82, 2.24) is 0 Å². The SMILES string of the molecule is C=C1C[C@@H](O[Si](OC)(C(C)(C)C)C(C)(C)C)C[C@H]1O. The molecule has 0 bridgehead atoms. The Morgan fingerprint density at radius 3 is 1.89 bits per heavy atom. The molecule has 19 heavy (non-hydrogen) atoms. The molecule has 0 heterocycles. The lowest BCUT2D eigenvalue weighted by Gasteiger charge is -2.49. The van der Waals surface area contributed by atoms with E-state index in [2.05, 4.69) is 48.1 Å². The highest BCUT2D eigenvalue weighted by molar-refractivity contribution is 6.73. The minimum absolute atomic E-state index is 0.0329. The zero-order chi connectivity index (χ0) is 15.1. The molecule has 0 aromatic rings. The molecule has 0 aliphatic heterocycles. The molecule has 112 valence electrons. The smallest absolute Gasteiger partial charge is 0.349 e. The summed E-state index contributed by atoms with van der Waals surface area (Å²) in [4.78, 5) is 0. The molecule has 0 amide bonds. The van der Waals surface area contributed by atoms with Gasteiger partial charge in [0.15, 0.2) is 0 Å². The van der Waals surface area contributed by atoms with Crippen LogP contribution in [-0.2, 0) is 8.85 Å². The molecule has 0 unspecified atom stereocenters. The van der Waals surface area contributed by atoms with Crippen molar-refractivity contribution in [3.05, 3.63) is 12.2 Å². The van der Waals surface area contributed by atoms with E-state index in [-0.39, 0.29) is 16.2 Å². The predicted octanol–water partition coefficient (Wildman–Crippen LogP) is 3.77. The molecule has 0 spiro atoms. The van der Waals surface area contributed by atoms with Gasteiger partial charge in [0.25, 0.3) is 0 Å². The van der Waals surface area contributed by atoms with Gasteiger partial charge in [0.1, 0.15) is 0 Å². The van der Waals surface area contributed by atoms with Crippen LogP contribution in [0.5, 0.6) is 0 Å². The molecule has 1 saturated carbocycles. The lowest BCUT2D eigenvalue weighted by atomic mass is 10.2. The van der Waals surface area contributed by atoms with Gasteiger partial charge in [-0.05, 0) is 12.0 Å². The third-order valence-electron chi connectivity index (χ3n) is 4.04. The lowest BCUT2D eigenvalue weighted by Crippen LogP contribution is -2.58. The number of hydrogen-bond donors (Lipinski definition) is 1. The van der Waals surface area contributed by atoms with Gasteiger partial charge < -0.3 is 14.0 Å². The van der Waals surface area contributed by atoms with Crippen LogP contribution >= 0.6 is 0 Å². The molecule has 4 heteroatoms. The van der Waals surface area contributed by atoms with Crippen LogP contribution in [0.15, 0.2) is 12.2 Å². The van der Waals surface area contributed by atoms with Crippen LogP contribution in [0.4, 0.5) is 0 Å². The Kier molecular flexibility index (Phi) is 4.73. The summed E-state index contributed by atoms with van der Waals surface area (Å²) in [6.45, 7) is 17.0. The molecule has 0 radical (unpaired) electrons. The summed E-state index contributed by atoms with van der Waals surface area (Å²) < 4.78 is 12.5. The van der Waals surface area contributed by atoms with E-state index in [1.54, 1.807) is 7.11 Å². The van der Waals surface area contributed by atoms with Crippen molar-refractivity contribution < 1.29 is 14.0 Å². The van der Waals surface area contributed by atoms with Crippen molar-refractivity contribution >= 4 is 8.56 Å². The monoisotopic (exact) mass is 286 g/mol. The minimum atomic E-state index is -2.45. The maximum absolute atomic E-state index is 9.84. The summed E-state index contributed by atoms with van der Waals surface area (Å²) in [5.74, 6) is 0. The van der Waals surface area contributed by atoms with Gasteiger partial charge in [-0.1, -0.05) is 48.1 Å². The third kappa shape index (κ3) is 3.12. The first-order valence-electron chi connectivity index (χ1n) is 7.03. The van der Waals surface area contributed by atoms with Crippen LogP contribution in [0.2, 0.25) is 10.1 Å². The summed E-state index contributed by atoms with van der Waals surface area (Å²) in [7, 11) is -0.682. The van der Waals surface area contributed by atoms with Crippen LogP contribution < -0.4 is 0 Å². The second-order valence-electron chi connectivity index (χ2n) is 7.67. The highest BCUT2D eigenvalue weighted by atomic mass is 28.4. The van der Waals surface area contributed by atoms with Crippen LogP contribution in [0.1, 0.15) is 54.4 Å². The topological polar surface area (TPSA) is 38.7 Å². The van der Waals surface area contributed by atoms with Gasteiger partial charge in [0, 0.05) is 23.6 Å². The first-order valence-corrected chi connectivity index (χ1v) is 8.85. The van der Waals surface area contributed by atoms with E-state index in [4.69, 9.17) is 8.85 Å². The largest absolute Gasteiger partial charge is 0.397 e. The molecule has 0 aromatic carbocycles. The summed E-state index contributed by atoms with van der Waals surface area (Å²) >= 11 is 0. The van der Waals surface area contributed by atoms with E-state index in [9.17, 15) is 5.11 Å². The van der Waals surface area contributed by atoms with E-state index in [1.807, 2.05) is 0 Å². The number of aliphatic hydroxyl groups is 1. The molecule has 1 aliphatic rings. The first kappa shape index (κ1) is 16.9. The van der Waals surface area contributed by atoms with Gasteiger partial charge in [0.05, 0.1) is 12.2 Å². The Hall–Kier alpha value is -0.163. The average molecular weight is 286 g/mol. The zero-order valence-corrected chi connectivity index (χ0v) is 14.5.